The average molecular weight is 429 g/mol. The van der Waals surface area contributed by atoms with Crippen LogP contribution in [0.1, 0.15) is 32.1 Å². The van der Waals surface area contributed by atoms with Crippen LogP contribution in [0.2, 0.25) is 0 Å². The Morgan fingerprint density at radius 3 is 2.23 bits per heavy atom. The average Bonchev–Trinajstić information content (AvgIpc) is 3.14. The predicted octanol–water partition coefficient (Wildman–Crippen LogP) is 2.05. The Morgan fingerprint density at radius 2 is 1.63 bits per heavy atom. The number of hydrogen-bond acceptors (Lipinski definition) is 9. The maximum absolute atomic E-state index is 12.4. The number of thioether (sulfide) groups is 1. The predicted molar refractivity (Wildman–Crippen MR) is 109 cm³/mol. The van der Waals surface area contributed by atoms with Gasteiger partial charge in [0.05, 0.1) is 31.1 Å². The minimum Gasteiger partial charge on any atom is -0.465 e. The fourth-order valence-electron chi connectivity index (χ4n) is 2.71. The lowest BCUT2D eigenvalue weighted by Crippen LogP contribution is -2.16. The number of nitrogens with zero attached hydrogens (tertiary/aromatic N) is 4. The highest BCUT2D eigenvalue weighted by Gasteiger charge is 2.16. The molecule has 0 radical (unpaired) electrons. The number of hydrogen-bond donors (Lipinski definition) is 1. The largest absolute Gasteiger partial charge is 0.465 e. The first-order valence-electron chi connectivity index (χ1n) is 8.76. The van der Waals surface area contributed by atoms with E-state index in [0.717, 1.165) is 23.1 Å². The van der Waals surface area contributed by atoms with Crippen molar-refractivity contribution in [3.05, 3.63) is 46.8 Å². The molecule has 30 heavy (non-hydrogen) atoms. The quantitative estimate of drug-likeness (QED) is 0.463. The van der Waals surface area contributed by atoms with Crippen LogP contribution in [0.4, 0.5) is 5.69 Å². The van der Waals surface area contributed by atoms with E-state index in [-0.39, 0.29) is 28.5 Å². The third kappa shape index (κ3) is 4.74. The molecule has 0 unspecified atom stereocenters. The summed E-state index contributed by atoms with van der Waals surface area (Å²) >= 11 is 1.14. The molecule has 2 aromatic heterocycles. The molecular formula is C19H19N5O5S. The SMILES string of the molecule is COC(=O)c1cc(NC(=O)CSc2nc3nc(C)cc(C)n3n2)cc(C(=O)OC)c1. The molecule has 0 saturated carbocycles. The number of aryl methyl sites for hydroxylation is 2. The van der Waals surface area contributed by atoms with Gasteiger partial charge in [-0.05, 0) is 38.1 Å². The Kier molecular flexibility index (Phi) is 6.31. The summed E-state index contributed by atoms with van der Waals surface area (Å²) in [5, 5.41) is 7.39. The Labute approximate surface area is 176 Å². The van der Waals surface area contributed by atoms with Crippen molar-refractivity contribution in [1.82, 2.24) is 19.6 Å². The molecule has 1 N–H and O–H groups in total. The van der Waals surface area contributed by atoms with Gasteiger partial charge < -0.3 is 14.8 Å². The molecule has 0 aliphatic carbocycles. The number of carbonyl (C=O) groups excluding carboxylic acids is 3. The van der Waals surface area contributed by atoms with Gasteiger partial charge in [-0.2, -0.15) is 4.98 Å². The topological polar surface area (TPSA) is 125 Å². The van der Waals surface area contributed by atoms with Gasteiger partial charge >= 0.3 is 11.9 Å². The fourth-order valence-corrected chi connectivity index (χ4v) is 3.33. The first-order valence-corrected chi connectivity index (χ1v) is 9.74. The molecule has 0 atom stereocenters. The Balaban J connectivity index is 1.73. The Hall–Kier alpha value is -3.47. The highest BCUT2D eigenvalue weighted by Crippen LogP contribution is 2.19. The molecule has 0 fully saturated rings. The van der Waals surface area contributed by atoms with Crippen LogP contribution < -0.4 is 5.32 Å². The molecule has 1 amide bonds. The van der Waals surface area contributed by atoms with Gasteiger partial charge in [0.1, 0.15) is 0 Å². The summed E-state index contributed by atoms with van der Waals surface area (Å²) in [6.45, 7) is 3.76. The zero-order valence-corrected chi connectivity index (χ0v) is 17.6. The van der Waals surface area contributed by atoms with Crippen molar-refractivity contribution < 1.29 is 23.9 Å². The molecule has 2 heterocycles. The minimum absolute atomic E-state index is 0.0188. The van der Waals surface area contributed by atoms with Crippen molar-refractivity contribution in [1.29, 1.82) is 0 Å². The molecule has 11 heteroatoms. The number of nitrogens with one attached hydrogen (secondary N) is 1. The number of anilines is 1. The highest BCUT2D eigenvalue weighted by molar-refractivity contribution is 7.99. The van der Waals surface area contributed by atoms with Crippen molar-refractivity contribution >= 4 is 41.1 Å². The monoisotopic (exact) mass is 429 g/mol. The third-order valence-corrected chi connectivity index (χ3v) is 4.83. The number of benzene rings is 1. The summed E-state index contributed by atoms with van der Waals surface area (Å²) in [6.07, 6.45) is 0. The molecule has 0 aliphatic rings. The van der Waals surface area contributed by atoms with Crippen molar-refractivity contribution in [2.24, 2.45) is 0 Å². The third-order valence-electron chi connectivity index (χ3n) is 3.99. The lowest BCUT2D eigenvalue weighted by Gasteiger charge is -2.09. The summed E-state index contributed by atoms with van der Waals surface area (Å²) < 4.78 is 11.0. The van der Waals surface area contributed by atoms with E-state index in [2.05, 4.69) is 29.9 Å². The summed E-state index contributed by atoms with van der Waals surface area (Å²) in [4.78, 5) is 44.7. The first-order chi connectivity index (χ1) is 14.3. The second-order valence-corrected chi connectivity index (χ2v) is 7.21. The number of esters is 2. The van der Waals surface area contributed by atoms with Gasteiger partial charge in [-0.1, -0.05) is 11.8 Å². The maximum atomic E-state index is 12.4. The summed E-state index contributed by atoms with van der Waals surface area (Å²) in [6, 6.07) is 6.05. The number of rotatable bonds is 6. The molecule has 156 valence electrons. The summed E-state index contributed by atoms with van der Waals surface area (Å²) in [7, 11) is 2.45. The van der Waals surface area contributed by atoms with E-state index in [4.69, 9.17) is 0 Å². The van der Waals surface area contributed by atoms with Gasteiger partial charge in [0.15, 0.2) is 0 Å². The van der Waals surface area contributed by atoms with Crippen molar-refractivity contribution in [3.63, 3.8) is 0 Å². The number of carbonyl (C=O) groups is 3. The molecule has 10 nitrogen and oxygen atoms in total. The zero-order chi connectivity index (χ0) is 21.8. The standard InChI is InChI=1S/C19H19N5O5S/c1-10-5-11(2)24-18(20-10)22-19(23-24)30-9-15(25)21-14-7-12(16(26)28-3)6-13(8-14)17(27)29-4/h5-8H,9H2,1-4H3,(H,21,25). The molecule has 0 spiro atoms. The number of fused-ring (bicyclic) bond motifs is 1. The number of methoxy groups -OCH3 is 2. The van der Waals surface area contributed by atoms with Crippen molar-refractivity contribution in [3.8, 4) is 0 Å². The van der Waals surface area contributed by atoms with Gasteiger partial charge in [0.2, 0.25) is 11.1 Å². The Bertz CT molecular complexity index is 1110. The van der Waals surface area contributed by atoms with Gasteiger partial charge in [0.25, 0.3) is 5.78 Å². The number of ether oxygens (including phenoxy) is 2. The lowest BCUT2D eigenvalue weighted by molar-refractivity contribution is -0.113. The van der Waals surface area contributed by atoms with E-state index in [0.29, 0.717) is 10.9 Å². The fraction of sp³-hybridized carbons (Fsp3) is 0.263. The van der Waals surface area contributed by atoms with Crippen LogP contribution in [0.3, 0.4) is 0 Å². The minimum atomic E-state index is -0.641. The van der Waals surface area contributed by atoms with E-state index in [1.807, 2.05) is 19.9 Å². The van der Waals surface area contributed by atoms with Crippen LogP contribution >= 0.6 is 11.8 Å². The second-order valence-electron chi connectivity index (χ2n) is 6.26. The van der Waals surface area contributed by atoms with Crippen LogP contribution in [0.15, 0.2) is 29.4 Å². The van der Waals surface area contributed by atoms with Crippen molar-refractivity contribution in [2.75, 3.05) is 25.3 Å². The van der Waals surface area contributed by atoms with E-state index in [1.165, 1.54) is 32.4 Å². The summed E-state index contributed by atoms with van der Waals surface area (Å²) in [5.41, 5.74) is 2.20. The first kappa shape index (κ1) is 21.2. The van der Waals surface area contributed by atoms with Crippen LogP contribution in [0.5, 0.6) is 0 Å². The normalized spacial score (nSPS) is 10.7. The number of amides is 1. The van der Waals surface area contributed by atoms with Gasteiger partial charge in [-0.3, -0.25) is 4.79 Å². The van der Waals surface area contributed by atoms with Gasteiger partial charge in [-0.25, -0.2) is 19.1 Å². The molecule has 1 aromatic carbocycles. The molecule has 0 saturated heterocycles. The smallest absolute Gasteiger partial charge is 0.337 e. The Morgan fingerprint density at radius 1 is 1.00 bits per heavy atom. The lowest BCUT2D eigenvalue weighted by atomic mass is 10.1. The van der Waals surface area contributed by atoms with Crippen LogP contribution in [0, 0.1) is 13.8 Å². The van der Waals surface area contributed by atoms with E-state index >= 15 is 0 Å². The van der Waals surface area contributed by atoms with Crippen LogP contribution in [-0.4, -0.2) is 57.4 Å². The van der Waals surface area contributed by atoms with E-state index in [9.17, 15) is 14.4 Å². The maximum Gasteiger partial charge on any atom is 0.337 e. The molecule has 0 bridgehead atoms. The summed E-state index contributed by atoms with van der Waals surface area (Å²) in [5.74, 6) is -1.16. The van der Waals surface area contributed by atoms with Gasteiger partial charge in [-0.15, -0.1) is 5.10 Å². The molecule has 0 aliphatic heterocycles. The van der Waals surface area contributed by atoms with Crippen LogP contribution in [-0.2, 0) is 14.3 Å². The van der Waals surface area contributed by atoms with Crippen molar-refractivity contribution in [2.45, 2.75) is 19.0 Å². The highest BCUT2D eigenvalue weighted by atomic mass is 32.2. The zero-order valence-electron chi connectivity index (χ0n) is 16.8. The van der Waals surface area contributed by atoms with Gasteiger partial charge in [0, 0.05) is 17.1 Å². The van der Waals surface area contributed by atoms with E-state index < -0.39 is 11.9 Å². The second kappa shape index (κ2) is 8.91. The molecular weight excluding hydrogens is 410 g/mol. The van der Waals surface area contributed by atoms with E-state index in [1.54, 1.807) is 4.52 Å². The molecule has 3 aromatic rings. The number of aromatic nitrogens is 4. The van der Waals surface area contributed by atoms with Crippen LogP contribution in [0.25, 0.3) is 5.78 Å². The molecule has 3 rings (SSSR count).